The molecule has 2 aliphatic rings. The normalized spacial score (nSPS) is 32.7. The molecule has 1 N–H and O–H groups in total. The van der Waals surface area contributed by atoms with Crippen LogP contribution in [0.1, 0.15) is 46.5 Å². The third-order valence-corrected chi connectivity index (χ3v) is 6.49. The highest BCUT2D eigenvalue weighted by Crippen LogP contribution is 2.39. The van der Waals surface area contributed by atoms with Crippen LogP contribution in [0.2, 0.25) is 0 Å². The van der Waals surface area contributed by atoms with Crippen LogP contribution in [0, 0.1) is 17.3 Å². The minimum Gasteiger partial charge on any atom is -0.316 e. The minimum absolute atomic E-state index is 0.459. The van der Waals surface area contributed by atoms with Crippen LogP contribution in [0.5, 0.6) is 0 Å². The van der Waals surface area contributed by atoms with Gasteiger partial charge in [-0.25, -0.2) is 0 Å². The van der Waals surface area contributed by atoms with Gasteiger partial charge in [-0.05, 0) is 36.6 Å². The van der Waals surface area contributed by atoms with Crippen molar-refractivity contribution in [3.8, 4) is 0 Å². The number of rotatable bonds is 6. The summed E-state index contributed by atoms with van der Waals surface area (Å²) in [5.74, 6) is 3.39. The van der Waals surface area contributed by atoms with Crippen LogP contribution in [0.3, 0.4) is 0 Å². The topological polar surface area (TPSA) is 32.3 Å². The third-order valence-electron chi connectivity index (χ3n) is 5.22. The molecule has 0 amide bonds. The Morgan fingerprint density at radius 2 is 1.86 bits per heavy atom. The van der Waals surface area contributed by atoms with Gasteiger partial charge < -0.3 is 10.2 Å². The standard InChI is InChI=1S/C17H34N2OS/c1-15(2)12-18-13-17(6-4-16(3)5-7-17)14-19-8-10-21(20)11-9-19/h15-16,18H,4-14H2,1-3H3. The zero-order chi connectivity index (χ0) is 15.3. The highest BCUT2D eigenvalue weighted by molar-refractivity contribution is 7.85. The van der Waals surface area contributed by atoms with Crippen molar-refractivity contribution in [2.24, 2.45) is 17.3 Å². The molecule has 0 spiro atoms. The fraction of sp³-hybridized carbons (Fsp3) is 1.00. The van der Waals surface area contributed by atoms with E-state index in [0.717, 1.165) is 49.5 Å². The third kappa shape index (κ3) is 5.65. The lowest BCUT2D eigenvalue weighted by Gasteiger charge is -2.44. The average Bonchev–Trinajstić information content (AvgIpc) is 2.44. The number of nitrogens with one attached hydrogen (secondary N) is 1. The lowest BCUT2D eigenvalue weighted by Crippen LogP contribution is -2.49. The van der Waals surface area contributed by atoms with Crippen LogP contribution in [0.4, 0.5) is 0 Å². The van der Waals surface area contributed by atoms with Gasteiger partial charge in [0.15, 0.2) is 0 Å². The Balaban J connectivity index is 1.89. The Morgan fingerprint density at radius 3 is 2.43 bits per heavy atom. The molecule has 1 aliphatic carbocycles. The smallest absolute Gasteiger partial charge is 0.0363 e. The van der Waals surface area contributed by atoms with Crippen LogP contribution in [-0.2, 0) is 10.8 Å². The number of nitrogens with zero attached hydrogens (tertiary/aromatic N) is 1. The van der Waals surface area contributed by atoms with Crippen molar-refractivity contribution in [2.75, 3.05) is 44.2 Å². The largest absolute Gasteiger partial charge is 0.316 e. The fourth-order valence-corrected chi connectivity index (χ4v) is 4.83. The number of hydrogen-bond donors (Lipinski definition) is 1. The lowest BCUT2D eigenvalue weighted by atomic mass is 9.70. The number of hydrogen-bond acceptors (Lipinski definition) is 3. The predicted molar refractivity (Wildman–Crippen MR) is 92.1 cm³/mol. The van der Waals surface area contributed by atoms with E-state index in [1.807, 2.05) is 0 Å². The Hall–Kier alpha value is 0.0700. The van der Waals surface area contributed by atoms with Crippen LogP contribution in [-0.4, -0.2) is 53.3 Å². The summed E-state index contributed by atoms with van der Waals surface area (Å²) in [5.41, 5.74) is 0.459. The zero-order valence-electron chi connectivity index (χ0n) is 14.2. The Morgan fingerprint density at radius 1 is 1.24 bits per heavy atom. The zero-order valence-corrected chi connectivity index (χ0v) is 15.0. The molecule has 3 nitrogen and oxygen atoms in total. The molecular weight excluding hydrogens is 280 g/mol. The minimum atomic E-state index is -0.556. The van der Waals surface area contributed by atoms with E-state index in [-0.39, 0.29) is 0 Å². The molecule has 0 atom stereocenters. The van der Waals surface area contributed by atoms with Gasteiger partial charge in [-0.2, -0.15) is 0 Å². The molecule has 1 saturated heterocycles. The van der Waals surface area contributed by atoms with Crippen molar-refractivity contribution in [1.82, 2.24) is 10.2 Å². The molecule has 0 bridgehead atoms. The summed E-state index contributed by atoms with van der Waals surface area (Å²) in [6.45, 7) is 12.5. The quantitative estimate of drug-likeness (QED) is 0.817. The average molecular weight is 315 g/mol. The van der Waals surface area contributed by atoms with Gasteiger partial charge in [-0.3, -0.25) is 4.21 Å². The van der Waals surface area contributed by atoms with E-state index in [0.29, 0.717) is 5.41 Å². The molecule has 124 valence electrons. The van der Waals surface area contributed by atoms with Crippen LogP contribution in [0.15, 0.2) is 0 Å². The molecule has 21 heavy (non-hydrogen) atoms. The van der Waals surface area contributed by atoms with Crippen molar-refractivity contribution >= 4 is 10.8 Å². The van der Waals surface area contributed by atoms with E-state index in [4.69, 9.17) is 0 Å². The second kappa shape index (κ2) is 8.07. The lowest BCUT2D eigenvalue weighted by molar-refractivity contribution is 0.0902. The fourth-order valence-electron chi connectivity index (χ4n) is 3.70. The van der Waals surface area contributed by atoms with E-state index >= 15 is 0 Å². The highest BCUT2D eigenvalue weighted by atomic mass is 32.2. The summed E-state index contributed by atoms with van der Waals surface area (Å²) >= 11 is 0. The molecule has 2 fully saturated rings. The van der Waals surface area contributed by atoms with Crippen molar-refractivity contribution in [1.29, 1.82) is 0 Å². The summed E-state index contributed by atoms with van der Waals surface area (Å²) < 4.78 is 11.5. The van der Waals surface area contributed by atoms with E-state index in [2.05, 4.69) is 31.0 Å². The second-order valence-electron chi connectivity index (χ2n) is 7.83. The van der Waals surface area contributed by atoms with E-state index in [9.17, 15) is 4.21 Å². The first-order valence-corrected chi connectivity index (χ1v) is 10.3. The van der Waals surface area contributed by atoms with Gasteiger partial charge in [0.25, 0.3) is 0 Å². The molecule has 4 heteroatoms. The molecule has 1 saturated carbocycles. The molecule has 0 radical (unpaired) electrons. The predicted octanol–water partition coefficient (Wildman–Crippen LogP) is 2.49. The molecule has 2 rings (SSSR count). The SMILES string of the molecule is CC(C)CNCC1(CN2CCS(=O)CC2)CCC(C)CC1. The van der Waals surface area contributed by atoms with Gasteiger partial charge in [-0.1, -0.05) is 33.6 Å². The molecule has 1 aliphatic heterocycles. The summed E-state index contributed by atoms with van der Waals surface area (Å²) in [6, 6.07) is 0. The van der Waals surface area contributed by atoms with Gasteiger partial charge in [0.05, 0.1) is 0 Å². The first-order chi connectivity index (χ1) is 9.99. The molecule has 1 heterocycles. The first kappa shape index (κ1) is 17.4. The Labute approximate surface area is 133 Å². The second-order valence-corrected chi connectivity index (χ2v) is 9.53. The summed E-state index contributed by atoms with van der Waals surface area (Å²) in [7, 11) is -0.556. The van der Waals surface area contributed by atoms with Crippen LogP contribution >= 0.6 is 0 Å². The maximum atomic E-state index is 11.5. The van der Waals surface area contributed by atoms with Gasteiger partial charge in [0.1, 0.15) is 0 Å². The van der Waals surface area contributed by atoms with Crippen LogP contribution < -0.4 is 5.32 Å². The van der Waals surface area contributed by atoms with Gasteiger partial charge >= 0.3 is 0 Å². The Kier molecular flexibility index (Phi) is 6.70. The maximum absolute atomic E-state index is 11.5. The summed E-state index contributed by atoms with van der Waals surface area (Å²) in [4.78, 5) is 2.58. The van der Waals surface area contributed by atoms with E-state index < -0.39 is 10.8 Å². The van der Waals surface area contributed by atoms with Crippen LogP contribution in [0.25, 0.3) is 0 Å². The van der Waals surface area contributed by atoms with E-state index in [1.165, 1.54) is 32.2 Å². The van der Waals surface area contributed by atoms with Crippen molar-refractivity contribution < 1.29 is 4.21 Å². The van der Waals surface area contributed by atoms with Gasteiger partial charge in [-0.15, -0.1) is 0 Å². The van der Waals surface area contributed by atoms with Crippen molar-refractivity contribution in [3.63, 3.8) is 0 Å². The summed E-state index contributed by atoms with van der Waals surface area (Å²) in [5, 5.41) is 3.72. The molecule has 0 aromatic rings. The molecular formula is C17H34N2OS. The molecule has 0 aromatic carbocycles. The first-order valence-electron chi connectivity index (χ1n) is 8.77. The van der Waals surface area contributed by atoms with Gasteiger partial charge in [0, 0.05) is 48.5 Å². The van der Waals surface area contributed by atoms with Gasteiger partial charge in [0.2, 0.25) is 0 Å². The monoisotopic (exact) mass is 314 g/mol. The molecule has 0 aromatic heterocycles. The van der Waals surface area contributed by atoms with Crippen molar-refractivity contribution in [3.05, 3.63) is 0 Å². The molecule has 0 unspecified atom stereocenters. The van der Waals surface area contributed by atoms with E-state index in [1.54, 1.807) is 0 Å². The highest BCUT2D eigenvalue weighted by Gasteiger charge is 2.36. The maximum Gasteiger partial charge on any atom is 0.0363 e. The van der Waals surface area contributed by atoms with Crippen molar-refractivity contribution in [2.45, 2.75) is 46.5 Å². The Bertz CT molecular complexity index is 328. The summed E-state index contributed by atoms with van der Waals surface area (Å²) in [6.07, 6.45) is 5.48.